The Morgan fingerprint density at radius 2 is 2.20 bits per heavy atom. The van der Waals surface area contributed by atoms with E-state index in [2.05, 4.69) is 15.6 Å². The Morgan fingerprint density at radius 1 is 1.47 bits per heavy atom. The third-order valence-corrected chi connectivity index (χ3v) is 2.66. The summed E-state index contributed by atoms with van der Waals surface area (Å²) >= 11 is 1.27. The lowest BCUT2D eigenvalue weighted by atomic mass is 10.4. The molecule has 5 nitrogen and oxygen atoms in total. The van der Waals surface area contributed by atoms with Crippen LogP contribution in [0.15, 0.2) is 5.51 Å². The lowest BCUT2D eigenvalue weighted by Crippen LogP contribution is -2.36. The van der Waals surface area contributed by atoms with Gasteiger partial charge in [-0.1, -0.05) is 0 Å². The van der Waals surface area contributed by atoms with Crippen molar-refractivity contribution in [3.63, 3.8) is 0 Å². The van der Waals surface area contributed by atoms with Crippen molar-refractivity contribution in [2.75, 3.05) is 13.1 Å². The molecule has 82 valence electrons. The minimum Gasteiger partial charge on any atom is -0.355 e. The minimum absolute atomic E-state index is 0.00398. The van der Waals surface area contributed by atoms with Crippen LogP contribution in [0.4, 0.5) is 0 Å². The average Bonchev–Trinajstić information content (AvgIpc) is 2.61. The molecule has 15 heavy (non-hydrogen) atoms. The number of aryl methyl sites for hydroxylation is 1. The molecule has 0 atom stereocenters. The molecule has 1 aromatic rings. The molecule has 0 spiro atoms. The van der Waals surface area contributed by atoms with Crippen LogP contribution in [0.25, 0.3) is 0 Å². The van der Waals surface area contributed by atoms with Crippen molar-refractivity contribution in [1.29, 1.82) is 0 Å². The third kappa shape index (κ3) is 3.32. The zero-order valence-corrected chi connectivity index (χ0v) is 9.48. The van der Waals surface area contributed by atoms with Gasteiger partial charge in [-0.25, -0.2) is 4.98 Å². The lowest BCUT2D eigenvalue weighted by molar-refractivity contribution is -0.120. The van der Waals surface area contributed by atoms with E-state index in [0.717, 1.165) is 0 Å². The van der Waals surface area contributed by atoms with Crippen molar-refractivity contribution >= 4 is 23.2 Å². The van der Waals surface area contributed by atoms with Gasteiger partial charge in [0, 0.05) is 6.54 Å². The highest BCUT2D eigenvalue weighted by atomic mass is 32.1. The molecule has 0 aliphatic carbocycles. The molecule has 2 N–H and O–H groups in total. The van der Waals surface area contributed by atoms with Crippen LogP contribution in [0.1, 0.15) is 22.3 Å². The van der Waals surface area contributed by atoms with Crippen LogP contribution in [0.5, 0.6) is 0 Å². The monoisotopic (exact) mass is 227 g/mol. The second-order valence-electron chi connectivity index (χ2n) is 2.90. The number of carbonyl (C=O) groups is 2. The molecule has 2 amide bonds. The van der Waals surface area contributed by atoms with E-state index in [4.69, 9.17) is 0 Å². The molecule has 0 aliphatic heterocycles. The smallest absolute Gasteiger partial charge is 0.263 e. The molecule has 0 radical (unpaired) electrons. The molecule has 0 unspecified atom stereocenters. The van der Waals surface area contributed by atoms with Crippen LogP contribution in [0, 0.1) is 6.92 Å². The van der Waals surface area contributed by atoms with Gasteiger partial charge in [0.25, 0.3) is 5.91 Å². The Labute approximate surface area is 91.9 Å². The van der Waals surface area contributed by atoms with Gasteiger partial charge in [-0.15, -0.1) is 11.3 Å². The fourth-order valence-electron chi connectivity index (χ4n) is 1.02. The highest BCUT2D eigenvalue weighted by Gasteiger charge is 2.11. The number of aromatic nitrogens is 1. The summed E-state index contributed by atoms with van der Waals surface area (Å²) in [5.74, 6) is -0.436. The highest BCUT2D eigenvalue weighted by Crippen LogP contribution is 2.10. The van der Waals surface area contributed by atoms with E-state index in [1.54, 1.807) is 12.4 Å². The molecule has 0 bridgehead atoms. The van der Waals surface area contributed by atoms with Crippen molar-refractivity contribution in [3.05, 3.63) is 16.1 Å². The maximum Gasteiger partial charge on any atom is 0.263 e. The quantitative estimate of drug-likeness (QED) is 0.778. The summed E-state index contributed by atoms with van der Waals surface area (Å²) in [5, 5.41) is 5.12. The standard InChI is InChI=1S/C9H13N3O2S/c1-3-10-7(13)4-11-9(14)8-6(2)12-5-15-8/h5H,3-4H2,1-2H3,(H,10,13)(H,11,14). The maximum absolute atomic E-state index is 11.5. The number of carbonyl (C=O) groups excluding carboxylic acids is 2. The third-order valence-electron chi connectivity index (χ3n) is 1.74. The minimum atomic E-state index is -0.249. The Morgan fingerprint density at radius 3 is 2.73 bits per heavy atom. The van der Waals surface area contributed by atoms with Gasteiger partial charge in [-0.05, 0) is 13.8 Å². The number of nitrogens with zero attached hydrogens (tertiary/aromatic N) is 1. The Hall–Kier alpha value is -1.43. The molecule has 1 rings (SSSR count). The SMILES string of the molecule is CCNC(=O)CNC(=O)c1scnc1C. The van der Waals surface area contributed by atoms with Crippen LogP contribution in [-0.2, 0) is 4.79 Å². The zero-order chi connectivity index (χ0) is 11.3. The van der Waals surface area contributed by atoms with Gasteiger partial charge in [0.05, 0.1) is 17.7 Å². The van der Waals surface area contributed by atoms with E-state index in [1.165, 1.54) is 11.3 Å². The van der Waals surface area contributed by atoms with E-state index >= 15 is 0 Å². The maximum atomic E-state index is 11.5. The van der Waals surface area contributed by atoms with Crippen molar-refractivity contribution in [1.82, 2.24) is 15.6 Å². The topological polar surface area (TPSA) is 71.1 Å². The van der Waals surface area contributed by atoms with Crippen LogP contribution < -0.4 is 10.6 Å². The Balaban J connectivity index is 2.44. The average molecular weight is 227 g/mol. The summed E-state index contributed by atoms with van der Waals surface area (Å²) in [4.78, 5) is 27.1. The van der Waals surface area contributed by atoms with Crippen molar-refractivity contribution in [2.45, 2.75) is 13.8 Å². The summed E-state index contributed by atoms with van der Waals surface area (Å²) in [6, 6.07) is 0. The van der Waals surface area contributed by atoms with E-state index in [9.17, 15) is 9.59 Å². The zero-order valence-electron chi connectivity index (χ0n) is 8.66. The fourth-order valence-corrected chi connectivity index (χ4v) is 1.74. The molecule has 6 heteroatoms. The molecule has 0 fully saturated rings. The van der Waals surface area contributed by atoms with E-state index in [1.807, 2.05) is 6.92 Å². The van der Waals surface area contributed by atoms with Crippen LogP contribution in [-0.4, -0.2) is 29.9 Å². The van der Waals surface area contributed by atoms with E-state index < -0.39 is 0 Å². The summed E-state index contributed by atoms with van der Waals surface area (Å²) < 4.78 is 0. The molecular weight excluding hydrogens is 214 g/mol. The summed E-state index contributed by atoms with van der Waals surface area (Å²) in [5.41, 5.74) is 2.30. The number of nitrogens with one attached hydrogen (secondary N) is 2. The molecule has 0 saturated heterocycles. The fraction of sp³-hybridized carbons (Fsp3) is 0.444. The molecule has 0 saturated carbocycles. The molecule has 0 aliphatic rings. The van der Waals surface area contributed by atoms with Crippen LogP contribution >= 0.6 is 11.3 Å². The van der Waals surface area contributed by atoms with Gasteiger partial charge < -0.3 is 10.6 Å². The molecular formula is C9H13N3O2S. The highest BCUT2D eigenvalue weighted by molar-refractivity contribution is 7.11. The number of likely N-dealkylation sites (N-methyl/N-ethyl adjacent to an activating group) is 1. The van der Waals surface area contributed by atoms with Crippen molar-refractivity contribution < 1.29 is 9.59 Å². The van der Waals surface area contributed by atoms with Gasteiger partial charge in [-0.3, -0.25) is 9.59 Å². The second-order valence-corrected chi connectivity index (χ2v) is 3.76. The first-order valence-corrected chi connectivity index (χ1v) is 5.48. The normalized spacial score (nSPS) is 9.73. The van der Waals surface area contributed by atoms with Gasteiger partial charge in [0.15, 0.2) is 0 Å². The Bertz CT molecular complexity index is 362. The Kier molecular flexibility index (Phi) is 4.23. The van der Waals surface area contributed by atoms with Gasteiger partial charge in [0.2, 0.25) is 5.91 Å². The number of amides is 2. The number of thiazole rings is 1. The number of hydrogen-bond donors (Lipinski definition) is 2. The van der Waals surface area contributed by atoms with Crippen molar-refractivity contribution in [3.8, 4) is 0 Å². The first-order valence-electron chi connectivity index (χ1n) is 4.60. The lowest BCUT2D eigenvalue weighted by Gasteiger charge is -2.03. The van der Waals surface area contributed by atoms with Gasteiger partial charge in [-0.2, -0.15) is 0 Å². The predicted molar refractivity (Wildman–Crippen MR) is 57.9 cm³/mol. The number of hydrogen-bond acceptors (Lipinski definition) is 4. The van der Waals surface area contributed by atoms with Crippen LogP contribution in [0.2, 0.25) is 0 Å². The van der Waals surface area contributed by atoms with E-state index in [-0.39, 0.29) is 18.4 Å². The van der Waals surface area contributed by atoms with E-state index in [0.29, 0.717) is 17.1 Å². The predicted octanol–water partition coefficient (Wildman–Crippen LogP) is 0.317. The summed E-state index contributed by atoms with van der Waals surface area (Å²) in [7, 11) is 0. The first-order chi connectivity index (χ1) is 7.15. The first kappa shape index (κ1) is 11.6. The van der Waals surface area contributed by atoms with Gasteiger partial charge >= 0.3 is 0 Å². The molecule has 1 heterocycles. The summed E-state index contributed by atoms with van der Waals surface area (Å²) in [6.45, 7) is 4.16. The molecule has 1 aromatic heterocycles. The largest absolute Gasteiger partial charge is 0.355 e. The second kappa shape index (κ2) is 5.45. The van der Waals surface area contributed by atoms with Crippen molar-refractivity contribution in [2.24, 2.45) is 0 Å². The van der Waals surface area contributed by atoms with Crippen LogP contribution in [0.3, 0.4) is 0 Å². The molecule has 0 aromatic carbocycles. The van der Waals surface area contributed by atoms with Gasteiger partial charge in [0.1, 0.15) is 4.88 Å². The number of rotatable bonds is 4. The summed E-state index contributed by atoms with van der Waals surface area (Å²) in [6.07, 6.45) is 0.